The molecule has 0 saturated heterocycles. The average Bonchev–Trinajstić information content (AvgIpc) is 3.24. The van der Waals surface area contributed by atoms with Crippen LogP contribution in [0.5, 0.6) is 0 Å². The van der Waals surface area contributed by atoms with E-state index in [4.69, 9.17) is 13.6 Å². The first-order chi connectivity index (χ1) is 20.1. The summed E-state index contributed by atoms with van der Waals surface area (Å²) in [6.07, 6.45) is 15.7. The van der Waals surface area contributed by atoms with Crippen molar-refractivity contribution in [2.24, 2.45) is 46.3 Å². The van der Waals surface area contributed by atoms with E-state index in [0.717, 1.165) is 18.3 Å². The third kappa shape index (κ3) is 6.76. The highest BCUT2D eigenvalue weighted by atomic mass is 28.4. The monoisotopic (exact) mass is 646 g/mol. The van der Waals surface area contributed by atoms with Gasteiger partial charge >= 0.3 is 5.97 Å². The summed E-state index contributed by atoms with van der Waals surface area (Å²) in [6.45, 7) is 32.0. The summed E-state index contributed by atoms with van der Waals surface area (Å²) >= 11 is 0. The summed E-state index contributed by atoms with van der Waals surface area (Å²) in [5.41, 5.74) is 0.736. The standard InChI is InChI=1S/C38H70O4Si2/c1-26(16-15-17-33(39)40-10)29-18-19-30-34-31(21-23-38(29,30)9)37(8)22-20-28(41-43(11,12)35(2,3)4)24-27(37)25-32(34)42-44(13,14)36(5,6)7/h15,17,26-32,34H,16,18-25H2,1-14H3/b17-15+/t26-,27+,28?,29-,30+,31+,32?,34+,37+,38-/m1/s1. The zero-order valence-corrected chi connectivity index (χ0v) is 33.3. The molecule has 4 fully saturated rings. The van der Waals surface area contributed by atoms with Crippen LogP contribution in [0.2, 0.25) is 36.3 Å². The molecular formula is C38H70O4Si2. The van der Waals surface area contributed by atoms with Gasteiger partial charge in [-0.05, 0) is 140 Å². The van der Waals surface area contributed by atoms with E-state index < -0.39 is 16.6 Å². The second-order valence-corrected chi connectivity index (χ2v) is 28.8. The van der Waals surface area contributed by atoms with E-state index in [0.29, 0.717) is 46.7 Å². The Bertz CT molecular complexity index is 1050. The van der Waals surface area contributed by atoms with Gasteiger partial charge in [0.25, 0.3) is 0 Å². The van der Waals surface area contributed by atoms with Gasteiger partial charge in [-0.15, -0.1) is 0 Å². The molecule has 6 heteroatoms. The molecule has 4 saturated carbocycles. The van der Waals surface area contributed by atoms with Gasteiger partial charge in [0.2, 0.25) is 0 Å². The minimum absolute atomic E-state index is 0.209. The highest BCUT2D eigenvalue weighted by Gasteiger charge is 2.64. The van der Waals surface area contributed by atoms with Gasteiger partial charge in [-0.1, -0.05) is 68.4 Å². The quantitative estimate of drug-likeness (QED) is 0.149. The molecule has 0 aromatic heterocycles. The van der Waals surface area contributed by atoms with E-state index in [9.17, 15) is 4.79 Å². The molecule has 0 N–H and O–H groups in total. The molecule has 4 nitrogen and oxygen atoms in total. The number of carbonyl (C=O) groups excluding carboxylic acids is 1. The number of ether oxygens (including phenoxy) is 1. The molecular weight excluding hydrogens is 577 g/mol. The number of esters is 1. The summed E-state index contributed by atoms with van der Waals surface area (Å²) in [5, 5.41) is 0.457. The summed E-state index contributed by atoms with van der Waals surface area (Å²) in [6, 6.07) is 0. The highest BCUT2D eigenvalue weighted by Crippen LogP contribution is 2.69. The van der Waals surface area contributed by atoms with Crippen molar-refractivity contribution in [3.8, 4) is 0 Å². The lowest BCUT2D eigenvalue weighted by Crippen LogP contribution is -2.61. The second kappa shape index (κ2) is 12.5. The van der Waals surface area contributed by atoms with Crippen LogP contribution in [0, 0.1) is 46.3 Å². The number of hydrogen-bond donors (Lipinski definition) is 0. The zero-order valence-electron chi connectivity index (χ0n) is 31.3. The highest BCUT2D eigenvalue weighted by molar-refractivity contribution is 6.74. The van der Waals surface area contributed by atoms with Gasteiger partial charge in [-0.25, -0.2) is 4.79 Å². The van der Waals surface area contributed by atoms with E-state index in [1.807, 2.05) is 0 Å². The normalized spacial score (nSPS) is 39.0. The Kier molecular flexibility index (Phi) is 10.4. The van der Waals surface area contributed by atoms with Crippen molar-refractivity contribution in [2.75, 3.05) is 7.11 Å². The predicted octanol–water partition coefficient (Wildman–Crippen LogP) is 10.8. The first-order valence-corrected chi connectivity index (χ1v) is 24.0. The van der Waals surface area contributed by atoms with Crippen LogP contribution in [-0.2, 0) is 18.4 Å². The molecule has 0 spiro atoms. The molecule has 0 aromatic rings. The summed E-state index contributed by atoms with van der Waals surface area (Å²) < 4.78 is 19.6. The van der Waals surface area contributed by atoms with Gasteiger partial charge < -0.3 is 13.6 Å². The second-order valence-electron chi connectivity index (χ2n) is 19.3. The minimum Gasteiger partial charge on any atom is -0.466 e. The summed E-state index contributed by atoms with van der Waals surface area (Å²) in [5.74, 6) is 3.84. The lowest BCUT2D eigenvalue weighted by molar-refractivity contribution is -0.169. The van der Waals surface area contributed by atoms with Crippen molar-refractivity contribution in [3.63, 3.8) is 0 Å². The number of fused-ring (bicyclic) bond motifs is 5. The molecule has 0 aromatic carbocycles. The fourth-order valence-electron chi connectivity index (χ4n) is 10.1. The number of allylic oxidation sites excluding steroid dienone is 1. The van der Waals surface area contributed by atoms with Gasteiger partial charge in [-0.3, -0.25) is 0 Å². The van der Waals surface area contributed by atoms with E-state index in [1.165, 1.54) is 58.5 Å². The van der Waals surface area contributed by atoms with Crippen molar-refractivity contribution in [3.05, 3.63) is 12.2 Å². The third-order valence-corrected chi connectivity index (χ3v) is 23.9. The van der Waals surface area contributed by atoms with Gasteiger partial charge in [0.1, 0.15) is 0 Å². The Morgan fingerprint density at radius 3 is 2.00 bits per heavy atom. The molecule has 0 radical (unpaired) electrons. The maximum Gasteiger partial charge on any atom is 0.330 e. The first-order valence-electron chi connectivity index (χ1n) is 18.2. The predicted molar refractivity (Wildman–Crippen MR) is 190 cm³/mol. The Morgan fingerprint density at radius 1 is 0.841 bits per heavy atom. The van der Waals surface area contributed by atoms with Crippen LogP contribution in [0.3, 0.4) is 0 Å². The van der Waals surface area contributed by atoms with Crippen molar-refractivity contribution >= 4 is 22.6 Å². The van der Waals surface area contributed by atoms with Crippen LogP contribution < -0.4 is 0 Å². The summed E-state index contributed by atoms with van der Waals surface area (Å²) in [4.78, 5) is 11.7. The van der Waals surface area contributed by atoms with Crippen molar-refractivity contribution in [1.82, 2.24) is 0 Å². The molecule has 44 heavy (non-hydrogen) atoms. The number of carbonyl (C=O) groups is 1. The lowest BCUT2D eigenvalue weighted by atomic mass is 9.43. The van der Waals surface area contributed by atoms with Gasteiger partial charge in [0.15, 0.2) is 16.6 Å². The Hall–Kier alpha value is -0.436. The fourth-order valence-corrected chi connectivity index (χ4v) is 12.9. The van der Waals surface area contributed by atoms with Crippen molar-refractivity contribution in [2.45, 2.75) is 169 Å². The smallest absolute Gasteiger partial charge is 0.330 e. The largest absolute Gasteiger partial charge is 0.466 e. The molecule has 10 atom stereocenters. The van der Waals surface area contributed by atoms with Crippen LogP contribution in [0.25, 0.3) is 0 Å². The van der Waals surface area contributed by atoms with Crippen LogP contribution in [0.1, 0.15) is 120 Å². The molecule has 0 bridgehead atoms. The van der Waals surface area contributed by atoms with Crippen LogP contribution in [-0.4, -0.2) is 41.9 Å². The third-order valence-electron chi connectivity index (χ3n) is 14.9. The molecule has 2 unspecified atom stereocenters. The molecule has 4 aliphatic rings. The number of methoxy groups -OCH3 is 1. The Morgan fingerprint density at radius 2 is 1.41 bits per heavy atom. The van der Waals surface area contributed by atoms with Gasteiger partial charge in [0, 0.05) is 18.3 Å². The lowest BCUT2D eigenvalue weighted by Gasteiger charge is -2.64. The van der Waals surface area contributed by atoms with Crippen LogP contribution >= 0.6 is 0 Å². The van der Waals surface area contributed by atoms with E-state index in [-0.39, 0.29) is 16.0 Å². The molecule has 4 aliphatic carbocycles. The molecule has 0 heterocycles. The first kappa shape index (κ1) is 36.4. The Balaban J connectivity index is 1.63. The molecule has 0 aliphatic heterocycles. The van der Waals surface area contributed by atoms with E-state index >= 15 is 0 Å². The van der Waals surface area contributed by atoms with Gasteiger partial charge in [-0.2, -0.15) is 0 Å². The van der Waals surface area contributed by atoms with Crippen LogP contribution in [0.15, 0.2) is 12.2 Å². The van der Waals surface area contributed by atoms with E-state index in [1.54, 1.807) is 6.08 Å². The van der Waals surface area contributed by atoms with Crippen molar-refractivity contribution in [1.29, 1.82) is 0 Å². The zero-order chi connectivity index (χ0) is 33.1. The van der Waals surface area contributed by atoms with Crippen LogP contribution in [0.4, 0.5) is 0 Å². The minimum atomic E-state index is -1.95. The van der Waals surface area contributed by atoms with Gasteiger partial charge in [0.05, 0.1) is 7.11 Å². The van der Waals surface area contributed by atoms with Crippen molar-refractivity contribution < 1.29 is 18.4 Å². The number of hydrogen-bond acceptors (Lipinski definition) is 4. The maximum atomic E-state index is 11.7. The summed E-state index contributed by atoms with van der Waals surface area (Å²) in [7, 11) is -2.29. The maximum absolute atomic E-state index is 11.7. The Labute approximate surface area is 274 Å². The molecule has 4 rings (SSSR count). The average molecular weight is 647 g/mol. The molecule has 254 valence electrons. The fraction of sp³-hybridized carbons (Fsp3) is 0.921. The number of rotatable bonds is 8. The topological polar surface area (TPSA) is 44.8 Å². The van der Waals surface area contributed by atoms with E-state index in [2.05, 4.69) is 94.6 Å². The molecule has 0 amide bonds. The SMILES string of the molecule is COC(=O)/C=C/C[C@@H](C)[C@H]1CC[C@H]2[C@@H]3C(O[Si](C)(C)C(C)(C)C)C[C@@H]4CC(O[Si](C)(C)C(C)(C)C)CC[C@]4(C)[C@H]3CC[C@]12C.